The van der Waals surface area contributed by atoms with Crippen LogP contribution in [0, 0.1) is 18.2 Å². The normalized spacial score (nSPS) is 12.2. The molecule has 0 fully saturated rings. The summed E-state index contributed by atoms with van der Waals surface area (Å²) in [5.74, 6) is -1.44. The third-order valence-corrected chi connectivity index (χ3v) is 5.35. The first-order valence-electron chi connectivity index (χ1n) is 10.4. The number of nitrogens with one attached hydrogen (secondary N) is 1. The highest BCUT2D eigenvalue weighted by atomic mass is 19.1. The second kappa shape index (κ2) is 10.1. The van der Waals surface area contributed by atoms with E-state index in [9.17, 15) is 24.0 Å². The molecule has 0 aromatic heterocycles. The lowest BCUT2D eigenvalue weighted by atomic mass is 9.79. The van der Waals surface area contributed by atoms with Gasteiger partial charge in [-0.1, -0.05) is 33.8 Å². The van der Waals surface area contributed by atoms with Crippen LogP contribution in [0.5, 0.6) is 5.75 Å². The SMILES string of the molecule is CCC(N(NC(=O)c1cc(F)cc(B(O)O)c1)C(=O)c1cccc(OC)c1C)C(C)(C)C. The second-order valence-electron chi connectivity index (χ2n) is 8.69. The fraction of sp³-hybridized carbons (Fsp3) is 0.391. The number of hydrogen-bond acceptors (Lipinski definition) is 5. The first-order chi connectivity index (χ1) is 14.9. The molecule has 2 amide bonds. The average molecular weight is 444 g/mol. The van der Waals surface area contributed by atoms with Gasteiger partial charge in [-0.3, -0.25) is 15.0 Å². The van der Waals surface area contributed by atoms with Gasteiger partial charge in [-0.05, 0) is 54.6 Å². The van der Waals surface area contributed by atoms with E-state index in [1.54, 1.807) is 25.1 Å². The van der Waals surface area contributed by atoms with Crippen LogP contribution < -0.4 is 15.6 Å². The third-order valence-electron chi connectivity index (χ3n) is 5.35. The monoisotopic (exact) mass is 444 g/mol. The maximum atomic E-state index is 14.0. The van der Waals surface area contributed by atoms with Crippen LogP contribution >= 0.6 is 0 Å². The summed E-state index contributed by atoms with van der Waals surface area (Å²) in [6.07, 6.45) is 0.544. The molecule has 0 spiro atoms. The molecule has 0 aliphatic carbocycles. The van der Waals surface area contributed by atoms with E-state index in [0.717, 1.165) is 12.1 Å². The van der Waals surface area contributed by atoms with Gasteiger partial charge in [0.1, 0.15) is 11.6 Å². The molecule has 2 rings (SSSR count). The number of nitrogens with zero attached hydrogens (tertiary/aromatic N) is 1. The van der Waals surface area contributed by atoms with Gasteiger partial charge in [-0.25, -0.2) is 9.40 Å². The zero-order chi connectivity index (χ0) is 24.2. The molecule has 0 heterocycles. The van der Waals surface area contributed by atoms with Crippen molar-refractivity contribution in [2.24, 2.45) is 5.41 Å². The van der Waals surface area contributed by atoms with Crippen LogP contribution in [-0.2, 0) is 0 Å². The van der Waals surface area contributed by atoms with E-state index in [-0.39, 0.29) is 17.1 Å². The molecule has 0 bridgehead atoms. The number of methoxy groups -OCH3 is 1. The van der Waals surface area contributed by atoms with Crippen LogP contribution in [0.25, 0.3) is 0 Å². The summed E-state index contributed by atoms with van der Waals surface area (Å²) in [6.45, 7) is 9.52. The number of benzene rings is 2. The Bertz CT molecular complexity index is 991. The molecular formula is C23H30BFN2O5. The van der Waals surface area contributed by atoms with Gasteiger partial charge in [0.25, 0.3) is 11.8 Å². The molecule has 7 nitrogen and oxygen atoms in total. The van der Waals surface area contributed by atoms with E-state index in [4.69, 9.17) is 4.74 Å². The summed E-state index contributed by atoms with van der Waals surface area (Å²) < 4.78 is 19.3. The topological polar surface area (TPSA) is 99.1 Å². The van der Waals surface area contributed by atoms with E-state index < -0.39 is 30.2 Å². The van der Waals surface area contributed by atoms with Crippen molar-refractivity contribution in [2.45, 2.75) is 47.1 Å². The van der Waals surface area contributed by atoms with E-state index in [1.807, 2.05) is 27.7 Å². The Hall–Kier alpha value is -2.91. The molecule has 2 aromatic carbocycles. The number of hydrogen-bond donors (Lipinski definition) is 3. The van der Waals surface area contributed by atoms with Gasteiger partial charge in [0.2, 0.25) is 0 Å². The smallest absolute Gasteiger partial charge is 0.488 e. The van der Waals surface area contributed by atoms with Crippen LogP contribution in [0.3, 0.4) is 0 Å². The highest BCUT2D eigenvalue weighted by Crippen LogP contribution is 2.29. The fourth-order valence-electron chi connectivity index (χ4n) is 3.72. The van der Waals surface area contributed by atoms with Gasteiger partial charge >= 0.3 is 7.12 Å². The minimum Gasteiger partial charge on any atom is -0.496 e. The van der Waals surface area contributed by atoms with Crippen molar-refractivity contribution in [3.63, 3.8) is 0 Å². The van der Waals surface area contributed by atoms with Crippen molar-refractivity contribution in [1.82, 2.24) is 10.4 Å². The van der Waals surface area contributed by atoms with Gasteiger partial charge in [-0.2, -0.15) is 0 Å². The summed E-state index contributed by atoms with van der Waals surface area (Å²) >= 11 is 0. The van der Waals surface area contributed by atoms with Gasteiger partial charge in [0.15, 0.2) is 0 Å². The zero-order valence-corrected chi connectivity index (χ0v) is 19.3. The van der Waals surface area contributed by atoms with Crippen molar-refractivity contribution in [1.29, 1.82) is 0 Å². The molecule has 2 aromatic rings. The molecule has 1 atom stereocenters. The maximum Gasteiger partial charge on any atom is 0.488 e. The Kier molecular flexibility index (Phi) is 8.04. The predicted molar refractivity (Wildman–Crippen MR) is 121 cm³/mol. The lowest BCUT2D eigenvalue weighted by Gasteiger charge is -2.39. The minimum atomic E-state index is -1.94. The van der Waals surface area contributed by atoms with Gasteiger partial charge in [0, 0.05) is 16.7 Å². The van der Waals surface area contributed by atoms with Crippen molar-refractivity contribution in [3.8, 4) is 5.75 Å². The molecule has 0 aliphatic heterocycles. The molecule has 172 valence electrons. The predicted octanol–water partition coefficient (Wildman–Crippen LogP) is 2.43. The first-order valence-corrected chi connectivity index (χ1v) is 10.4. The molecule has 0 aliphatic rings. The van der Waals surface area contributed by atoms with E-state index in [2.05, 4.69) is 5.43 Å². The summed E-state index contributed by atoms with van der Waals surface area (Å²) in [5.41, 5.74) is 2.91. The number of carbonyl (C=O) groups excluding carboxylic acids is 2. The molecule has 32 heavy (non-hydrogen) atoms. The van der Waals surface area contributed by atoms with Crippen LogP contribution in [0.15, 0.2) is 36.4 Å². The molecule has 9 heteroatoms. The Morgan fingerprint density at radius 2 is 1.88 bits per heavy atom. The number of hydrazine groups is 1. The Labute approximate surface area is 188 Å². The van der Waals surface area contributed by atoms with Crippen LogP contribution in [-0.4, -0.2) is 47.1 Å². The highest BCUT2D eigenvalue weighted by molar-refractivity contribution is 6.58. The van der Waals surface area contributed by atoms with E-state index in [1.165, 1.54) is 18.2 Å². The number of halogens is 1. The highest BCUT2D eigenvalue weighted by Gasteiger charge is 2.35. The first kappa shape index (κ1) is 25.4. The quantitative estimate of drug-likeness (QED) is 0.470. The summed E-state index contributed by atoms with van der Waals surface area (Å²) in [4.78, 5) is 26.6. The van der Waals surface area contributed by atoms with E-state index in [0.29, 0.717) is 23.3 Å². The fourth-order valence-corrected chi connectivity index (χ4v) is 3.72. The molecule has 3 N–H and O–H groups in total. The number of rotatable bonds is 6. The van der Waals surface area contributed by atoms with Crippen LogP contribution in [0.1, 0.15) is 60.4 Å². The van der Waals surface area contributed by atoms with Crippen LogP contribution in [0.4, 0.5) is 4.39 Å². The molecule has 0 saturated heterocycles. The Morgan fingerprint density at radius 3 is 2.41 bits per heavy atom. The standard InChI is InChI=1S/C23H30BFN2O5/c1-7-20(23(3,4)5)27(22(29)18-9-8-10-19(32-6)14(18)2)26-21(28)15-11-16(24(30)31)13-17(25)12-15/h8-13,20,30-31H,7H2,1-6H3,(H,26,28). The lowest BCUT2D eigenvalue weighted by Crippen LogP contribution is -2.56. The molecular weight excluding hydrogens is 414 g/mol. The molecule has 0 saturated carbocycles. The lowest BCUT2D eigenvalue weighted by molar-refractivity contribution is 0.0284. The maximum absolute atomic E-state index is 14.0. The van der Waals surface area contributed by atoms with Crippen LogP contribution in [0.2, 0.25) is 0 Å². The number of carbonyl (C=O) groups is 2. The van der Waals surface area contributed by atoms with Crippen molar-refractivity contribution < 1.29 is 28.8 Å². The average Bonchev–Trinajstić information content (AvgIpc) is 2.71. The third kappa shape index (κ3) is 5.66. The molecule has 1 unspecified atom stereocenters. The second-order valence-corrected chi connectivity index (χ2v) is 8.69. The largest absolute Gasteiger partial charge is 0.496 e. The Balaban J connectivity index is 2.51. The summed E-state index contributed by atoms with van der Waals surface area (Å²) in [7, 11) is -0.426. The van der Waals surface area contributed by atoms with E-state index >= 15 is 0 Å². The minimum absolute atomic E-state index is 0.142. The zero-order valence-electron chi connectivity index (χ0n) is 19.3. The van der Waals surface area contributed by atoms with Crippen molar-refractivity contribution >= 4 is 24.4 Å². The summed E-state index contributed by atoms with van der Waals surface area (Å²) in [5, 5.41) is 20.0. The summed E-state index contributed by atoms with van der Waals surface area (Å²) in [6, 6.07) is 7.76. The van der Waals surface area contributed by atoms with Crippen molar-refractivity contribution in [3.05, 3.63) is 58.9 Å². The number of amides is 2. The Morgan fingerprint density at radius 1 is 1.22 bits per heavy atom. The van der Waals surface area contributed by atoms with Gasteiger partial charge in [-0.15, -0.1) is 0 Å². The number of ether oxygens (including phenoxy) is 1. The van der Waals surface area contributed by atoms with Crippen molar-refractivity contribution in [2.75, 3.05) is 7.11 Å². The van der Waals surface area contributed by atoms with Gasteiger partial charge < -0.3 is 14.8 Å². The van der Waals surface area contributed by atoms with Gasteiger partial charge in [0.05, 0.1) is 13.2 Å². The molecule has 0 radical (unpaired) electrons.